The largest absolute Gasteiger partial charge is 0.463 e. The Morgan fingerprint density at radius 1 is 0.827 bits per heavy atom. The predicted octanol–water partition coefficient (Wildman–Crippen LogP) is 8.66. The number of carbonyl (C=O) groups excluding carboxylic acids is 3. The molecule has 8 fully saturated rings. The highest BCUT2D eigenvalue weighted by Gasteiger charge is 2.64. The van der Waals surface area contributed by atoms with Gasteiger partial charge >= 0.3 is 17.9 Å². The van der Waals surface area contributed by atoms with E-state index in [1.807, 2.05) is 13.8 Å². The zero-order chi connectivity index (χ0) is 37.0. The van der Waals surface area contributed by atoms with Crippen molar-refractivity contribution >= 4 is 17.9 Å². The minimum absolute atomic E-state index is 0.0355. The number of carbonyl (C=O) groups is 3. The van der Waals surface area contributed by atoms with E-state index in [0.29, 0.717) is 59.7 Å². The van der Waals surface area contributed by atoms with Crippen LogP contribution in [0.5, 0.6) is 0 Å². The van der Waals surface area contributed by atoms with Gasteiger partial charge in [-0.05, 0) is 174 Å². The van der Waals surface area contributed by atoms with Crippen LogP contribution in [0.15, 0.2) is 0 Å². The van der Waals surface area contributed by atoms with Gasteiger partial charge in [-0.1, -0.05) is 34.6 Å². The van der Waals surface area contributed by atoms with Gasteiger partial charge in [-0.3, -0.25) is 14.4 Å². The maximum atomic E-state index is 13.1. The molecule has 0 heterocycles. The molecular weight excluding hydrogens is 656 g/mol. The fraction of sp³-hybridized carbons (Fsp3) is 0.932. The third kappa shape index (κ3) is 7.12. The molecule has 12 unspecified atom stereocenters. The molecule has 0 aromatic heterocycles. The maximum Gasteiger partial charge on any atom is 0.312 e. The first-order valence-corrected chi connectivity index (χ1v) is 21.6. The minimum Gasteiger partial charge on any atom is -0.463 e. The first kappa shape index (κ1) is 38.6. The highest BCUT2D eigenvalue weighted by Crippen LogP contribution is 2.68. The van der Waals surface area contributed by atoms with Gasteiger partial charge in [-0.15, -0.1) is 0 Å². The lowest BCUT2D eigenvalue weighted by Crippen LogP contribution is -2.59. The zero-order valence-corrected chi connectivity index (χ0v) is 33.2. The summed E-state index contributed by atoms with van der Waals surface area (Å²) in [5, 5.41) is 12.0. The number of ether oxygens (including phenoxy) is 4. The molecule has 8 saturated carbocycles. The van der Waals surface area contributed by atoms with Crippen molar-refractivity contribution < 1.29 is 38.4 Å². The van der Waals surface area contributed by atoms with E-state index in [9.17, 15) is 19.5 Å². The van der Waals surface area contributed by atoms with Crippen LogP contribution in [-0.2, 0) is 33.3 Å². The van der Waals surface area contributed by atoms with E-state index >= 15 is 0 Å². The highest BCUT2D eigenvalue weighted by molar-refractivity contribution is 5.77. The third-order valence-electron chi connectivity index (χ3n) is 17.0. The summed E-state index contributed by atoms with van der Waals surface area (Å²) in [6.07, 6.45) is 16.2. The Bertz CT molecular complexity index is 1280. The smallest absolute Gasteiger partial charge is 0.312 e. The number of hydrogen-bond acceptors (Lipinski definition) is 8. The average Bonchev–Trinajstić information content (AvgIpc) is 3.47. The van der Waals surface area contributed by atoms with Crippen LogP contribution in [0.4, 0.5) is 0 Å². The van der Waals surface area contributed by atoms with Crippen LogP contribution in [0.1, 0.15) is 151 Å². The zero-order valence-electron chi connectivity index (χ0n) is 33.2. The van der Waals surface area contributed by atoms with Crippen molar-refractivity contribution in [3.63, 3.8) is 0 Å². The van der Waals surface area contributed by atoms with Gasteiger partial charge in [0.25, 0.3) is 0 Å². The monoisotopic (exact) mass is 727 g/mol. The molecule has 294 valence electrons. The van der Waals surface area contributed by atoms with Crippen molar-refractivity contribution in [2.24, 2.45) is 75.4 Å². The Labute approximate surface area is 313 Å². The molecule has 8 heteroatoms. The standard InChI is InChI=1S/C44H70O8/c1-7-26(2)40(47)52-33-14-15-42(5)32(21-33)9-10-34-36-12-11-35(43(36,6)38(45)22-37(34)42)27(3)8-13-39(46)51-28(4)49-16-17-50-41(48)44-23-29-18-30(24-44)20-31(19-29)25-44/h26-38,45H,7-25H2,1-6H3. The molecule has 12 atom stereocenters. The van der Waals surface area contributed by atoms with Gasteiger partial charge in [0.2, 0.25) is 0 Å². The van der Waals surface area contributed by atoms with E-state index < -0.39 is 6.29 Å². The van der Waals surface area contributed by atoms with Crippen molar-refractivity contribution in [1.29, 1.82) is 0 Å². The number of hydrogen-bond donors (Lipinski definition) is 1. The maximum absolute atomic E-state index is 13.1. The van der Waals surface area contributed by atoms with Crippen LogP contribution in [0.3, 0.4) is 0 Å². The van der Waals surface area contributed by atoms with E-state index in [-0.39, 0.29) is 65.5 Å². The van der Waals surface area contributed by atoms with E-state index in [1.165, 1.54) is 32.1 Å². The lowest BCUT2D eigenvalue weighted by molar-refractivity contribution is -0.186. The van der Waals surface area contributed by atoms with Crippen molar-refractivity contribution in [2.75, 3.05) is 13.2 Å². The second-order valence-electron chi connectivity index (χ2n) is 19.9. The molecule has 8 rings (SSSR count). The number of rotatable bonds is 13. The molecule has 8 nitrogen and oxygen atoms in total. The van der Waals surface area contributed by atoms with Crippen LogP contribution in [0.25, 0.3) is 0 Å². The topological polar surface area (TPSA) is 108 Å². The van der Waals surface area contributed by atoms with Gasteiger partial charge in [0, 0.05) is 6.42 Å². The van der Waals surface area contributed by atoms with Crippen LogP contribution in [0, 0.1) is 75.4 Å². The highest BCUT2D eigenvalue weighted by atomic mass is 16.7. The molecule has 0 aliphatic heterocycles. The van der Waals surface area contributed by atoms with Gasteiger partial charge in [0.05, 0.1) is 24.0 Å². The van der Waals surface area contributed by atoms with Crippen LogP contribution < -0.4 is 0 Å². The lowest BCUT2D eigenvalue weighted by Gasteiger charge is -2.62. The second kappa shape index (κ2) is 15.1. The van der Waals surface area contributed by atoms with E-state index in [0.717, 1.165) is 70.6 Å². The molecule has 0 aromatic rings. The Balaban J connectivity index is 0.849. The lowest BCUT2D eigenvalue weighted by atomic mass is 9.43. The predicted molar refractivity (Wildman–Crippen MR) is 197 cm³/mol. The Hall–Kier alpha value is -1.67. The van der Waals surface area contributed by atoms with E-state index in [2.05, 4.69) is 20.8 Å². The first-order chi connectivity index (χ1) is 24.8. The molecule has 1 N–H and O–H groups in total. The van der Waals surface area contributed by atoms with Crippen LogP contribution in [-0.4, -0.2) is 54.7 Å². The Morgan fingerprint density at radius 3 is 2.19 bits per heavy atom. The summed E-state index contributed by atoms with van der Waals surface area (Å²) in [7, 11) is 0. The molecule has 8 aliphatic carbocycles. The molecule has 0 aromatic carbocycles. The fourth-order valence-corrected chi connectivity index (χ4v) is 14.4. The quantitative estimate of drug-likeness (QED) is 0.0870. The minimum atomic E-state index is -0.690. The summed E-state index contributed by atoms with van der Waals surface area (Å²) in [6, 6.07) is 0. The van der Waals surface area contributed by atoms with E-state index in [4.69, 9.17) is 18.9 Å². The fourth-order valence-electron chi connectivity index (χ4n) is 14.4. The molecule has 0 spiro atoms. The van der Waals surface area contributed by atoms with Gasteiger partial charge in [0.15, 0.2) is 6.29 Å². The van der Waals surface area contributed by atoms with Gasteiger partial charge in [0.1, 0.15) is 12.7 Å². The van der Waals surface area contributed by atoms with Gasteiger partial charge < -0.3 is 24.1 Å². The van der Waals surface area contributed by atoms with Crippen molar-refractivity contribution in [1.82, 2.24) is 0 Å². The summed E-state index contributed by atoms with van der Waals surface area (Å²) >= 11 is 0. The number of aliphatic hydroxyl groups is 1. The van der Waals surface area contributed by atoms with Crippen LogP contribution >= 0.6 is 0 Å². The normalized spacial score (nSPS) is 44.8. The molecule has 0 saturated heterocycles. The van der Waals surface area contributed by atoms with Gasteiger partial charge in [-0.2, -0.15) is 0 Å². The third-order valence-corrected chi connectivity index (χ3v) is 17.0. The average molecular weight is 727 g/mol. The summed E-state index contributed by atoms with van der Waals surface area (Å²) in [4.78, 5) is 38.6. The Morgan fingerprint density at radius 2 is 1.52 bits per heavy atom. The molecular formula is C44H70O8. The molecule has 4 bridgehead atoms. The summed E-state index contributed by atoms with van der Waals surface area (Å²) in [5.41, 5.74) is -0.216. The molecule has 52 heavy (non-hydrogen) atoms. The summed E-state index contributed by atoms with van der Waals surface area (Å²) in [6.45, 7) is 13.3. The van der Waals surface area contributed by atoms with Crippen molar-refractivity contribution in [3.05, 3.63) is 0 Å². The molecule has 8 aliphatic rings. The number of fused-ring (bicyclic) bond motifs is 5. The van der Waals surface area contributed by atoms with Crippen molar-refractivity contribution in [3.8, 4) is 0 Å². The Kier molecular flexibility index (Phi) is 11.2. The van der Waals surface area contributed by atoms with Crippen LogP contribution in [0.2, 0.25) is 0 Å². The summed E-state index contributed by atoms with van der Waals surface area (Å²) < 4.78 is 23.1. The molecule has 0 radical (unpaired) electrons. The van der Waals surface area contributed by atoms with Crippen molar-refractivity contribution in [2.45, 2.75) is 169 Å². The number of aliphatic hydroxyl groups excluding tert-OH is 1. The van der Waals surface area contributed by atoms with Gasteiger partial charge in [-0.25, -0.2) is 0 Å². The number of esters is 3. The van der Waals surface area contributed by atoms with E-state index in [1.54, 1.807) is 6.92 Å². The SMILES string of the molecule is CCC(C)C(=O)OC1CCC2(C)C(CCC3C2CC(O)C2(C)C(C(C)CCC(=O)OC(C)OCCOC(=O)C45CC6CC(CC(C6)C4)C5)CCC32)C1. The summed E-state index contributed by atoms with van der Waals surface area (Å²) in [5.74, 6) is 4.57. The first-order valence-electron chi connectivity index (χ1n) is 21.6. The molecule has 0 amide bonds. The second-order valence-corrected chi connectivity index (χ2v) is 19.9.